The Morgan fingerprint density at radius 2 is 2.10 bits per heavy atom. The largest absolute Gasteiger partial charge is 0.381 e. The molecule has 1 atom stereocenters. The van der Waals surface area contributed by atoms with Gasteiger partial charge in [0.05, 0.1) is 40.7 Å². The smallest absolute Gasteiger partial charge is 0.262 e. The van der Waals surface area contributed by atoms with E-state index in [0.29, 0.717) is 34.4 Å². The van der Waals surface area contributed by atoms with Crippen LogP contribution in [0.2, 0.25) is 0 Å². The molecule has 0 aliphatic carbocycles. The lowest BCUT2D eigenvalue weighted by Crippen LogP contribution is -2.34. The third-order valence-corrected chi connectivity index (χ3v) is 6.59. The highest BCUT2D eigenvalue weighted by Gasteiger charge is 2.24. The number of benzene rings is 1. The number of nitrogens with one attached hydrogen (secondary N) is 2. The van der Waals surface area contributed by atoms with E-state index in [4.69, 9.17) is 10.7 Å². The molecule has 0 saturated carbocycles. The fourth-order valence-corrected chi connectivity index (χ4v) is 4.67. The van der Waals surface area contributed by atoms with Gasteiger partial charge in [0.2, 0.25) is 0 Å². The number of rotatable bonds is 6. The molecule has 0 saturated heterocycles. The maximum atomic E-state index is 14.0. The third kappa shape index (κ3) is 4.89. The van der Waals surface area contributed by atoms with Gasteiger partial charge in [0.25, 0.3) is 11.5 Å². The molecule has 204 valence electrons. The van der Waals surface area contributed by atoms with E-state index in [1.165, 1.54) is 4.52 Å². The van der Waals surface area contributed by atoms with Gasteiger partial charge in [-0.1, -0.05) is 17.9 Å². The van der Waals surface area contributed by atoms with E-state index in [2.05, 4.69) is 42.3 Å². The van der Waals surface area contributed by atoms with Crippen LogP contribution in [0.4, 0.5) is 5.82 Å². The second-order valence-corrected chi connectivity index (χ2v) is 9.43. The molecule has 0 fully saturated rings. The van der Waals surface area contributed by atoms with Crippen molar-refractivity contribution in [3.63, 3.8) is 0 Å². The lowest BCUT2D eigenvalue weighted by molar-refractivity contribution is 0.0939. The van der Waals surface area contributed by atoms with Gasteiger partial charge in [-0.15, -0.1) is 5.10 Å². The van der Waals surface area contributed by atoms with Crippen molar-refractivity contribution in [1.29, 1.82) is 0 Å². The number of H-pyrrole nitrogens is 1. The van der Waals surface area contributed by atoms with Gasteiger partial charge in [0.1, 0.15) is 11.4 Å². The number of carbonyl (C=O) groups excluding carboxylic acids is 1. The summed E-state index contributed by atoms with van der Waals surface area (Å²) in [5.41, 5.74) is 8.80. The van der Waals surface area contributed by atoms with E-state index in [-0.39, 0.29) is 23.5 Å². The van der Waals surface area contributed by atoms with Crippen molar-refractivity contribution < 1.29 is 4.79 Å². The summed E-state index contributed by atoms with van der Waals surface area (Å²) in [6.45, 7) is 2.05. The second kappa shape index (κ2) is 10.4. The molecule has 5 aromatic heterocycles. The lowest BCUT2D eigenvalue weighted by Gasteiger charge is -2.19. The number of nitrogens with two attached hydrogens (primary N) is 1. The topological polar surface area (TPSA) is 167 Å². The van der Waals surface area contributed by atoms with Gasteiger partial charge in [-0.25, -0.2) is 19.5 Å². The highest BCUT2D eigenvalue weighted by Crippen LogP contribution is 2.20. The van der Waals surface area contributed by atoms with E-state index in [1.807, 2.05) is 7.05 Å². The molecule has 13 heteroatoms. The number of carbonyl (C=O) groups is 1. The number of nitrogen functional groups attached to an aromatic ring is 1. The SMILES string of the molecule is C[C@H](NC(=O)c1c(N)nn2cccnc12)c1nc2cccc(C#Cc3cnn(C)c3)c2c(=O)n1CCc1c[nH]cn1. The minimum atomic E-state index is -0.665. The molecule has 1 amide bonds. The Hall–Kier alpha value is -5.77. The van der Waals surface area contributed by atoms with Gasteiger partial charge in [0.15, 0.2) is 11.5 Å². The molecule has 0 unspecified atom stereocenters. The Bertz CT molecular complexity index is 2020. The second-order valence-electron chi connectivity index (χ2n) is 9.43. The highest BCUT2D eigenvalue weighted by atomic mass is 16.2. The Balaban J connectivity index is 1.42. The predicted molar refractivity (Wildman–Crippen MR) is 151 cm³/mol. The summed E-state index contributed by atoms with van der Waals surface area (Å²) in [6.07, 6.45) is 10.5. The molecule has 1 aromatic carbocycles. The van der Waals surface area contributed by atoms with Crippen molar-refractivity contribution >= 4 is 28.3 Å². The monoisotopic (exact) mass is 547 g/mol. The molecule has 5 heterocycles. The lowest BCUT2D eigenvalue weighted by atomic mass is 10.1. The number of nitrogens with zero attached hydrogens (tertiary/aromatic N) is 8. The minimum absolute atomic E-state index is 0.0487. The van der Waals surface area contributed by atoms with E-state index >= 15 is 0 Å². The van der Waals surface area contributed by atoms with Crippen LogP contribution < -0.4 is 16.6 Å². The van der Waals surface area contributed by atoms with Crippen molar-refractivity contribution in [2.45, 2.75) is 25.9 Å². The average molecular weight is 548 g/mol. The van der Waals surface area contributed by atoms with Crippen LogP contribution in [0.25, 0.3) is 16.6 Å². The number of amides is 1. The number of anilines is 1. The van der Waals surface area contributed by atoms with Gasteiger partial charge in [0, 0.05) is 50.4 Å². The van der Waals surface area contributed by atoms with E-state index in [9.17, 15) is 9.59 Å². The summed E-state index contributed by atoms with van der Waals surface area (Å²) in [4.78, 5) is 43.7. The number of hydrogen-bond acceptors (Lipinski definition) is 8. The Labute approximate surface area is 233 Å². The average Bonchev–Trinajstić information content (AvgIpc) is 3.70. The quantitative estimate of drug-likeness (QED) is 0.264. The molecule has 0 radical (unpaired) electrons. The number of fused-ring (bicyclic) bond motifs is 2. The summed E-state index contributed by atoms with van der Waals surface area (Å²) in [7, 11) is 1.81. The van der Waals surface area contributed by atoms with Crippen LogP contribution in [0.15, 0.2) is 66.4 Å². The Kier molecular flexibility index (Phi) is 6.48. The molecule has 6 aromatic rings. The maximum Gasteiger partial charge on any atom is 0.262 e. The van der Waals surface area contributed by atoms with Crippen molar-refractivity contribution in [1.82, 2.24) is 49.2 Å². The zero-order valence-corrected chi connectivity index (χ0v) is 22.2. The summed E-state index contributed by atoms with van der Waals surface area (Å²) in [6, 6.07) is 6.38. The van der Waals surface area contributed by atoms with Gasteiger partial charge < -0.3 is 16.0 Å². The maximum absolute atomic E-state index is 14.0. The number of aryl methyl sites for hydroxylation is 2. The summed E-state index contributed by atoms with van der Waals surface area (Å²) in [5.74, 6) is 6.12. The zero-order valence-electron chi connectivity index (χ0n) is 22.2. The first kappa shape index (κ1) is 25.5. The van der Waals surface area contributed by atoms with Crippen molar-refractivity contribution in [3.8, 4) is 11.8 Å². The summed E-state index contributed by atoms with van der Waals surface area (Å²) < 4.78 is 4.67. The fraction of sp³-hybridized carbons (Fsp3) is 0.179. The molecule has 0 spiro atoms. The van der Waals surface area contributed by atoms with Crippen molar-refractivity contribution in [2.24, 2.45) is 7.05 Å². The van der Waals surface area contributed by atoms with E-state index in [1.54, 1.807) is 77.7 Å². The fourth-order valence-electron chi connectivity index (χ4n) is 4.67. The first-order valence-corrected chi connectivity index (χ1v) is 12.8. The molecule has 13 nitrogen and oxygen atoms in total. The van der Waals surface area contributed by atoms with E-state index in [0.717, 1.165) is 11.3 Å². The number of hydrogen-bond donors (Lipinski definition) is 3. The van der Waals surface area contributed by atoms with Crippen LogP contribution in [-0.2, 0) is 20.0 Å². The normalized spacial score (nSPS) is 11.9. The van der Waals surface area contributed by atoms with Gasteiger partial charge in [-0.3, -0.25) is 18.8 Å². The predicted octanol–water partition coefficient (Wildman–Crippen LogP) is 1.61. The van der Waals surface area contributed by atoms with Crippen LogP contribution in [-0.4, -0.2) is 49.8 Å². The van der Waals surface area contributed by atoms with Crippen LogP contribution in [0.1, 0.15) is 46.0 Å². The number of imidazole rings is 1. The number of aromatic amines is 1. The molecule has 6 rings (SSSR count). The van der Waals surface area contributed by atoms with Crippen molar-refractivity contribution in [2.75, 3.05) is 5.73 Å². The van der Waals surface area contributed by atoms with Crippen LogP contribution in [0.3, 0.4) is 0 Å². The van der Waals surface area contributed by atoms with Gasteiger partial charge >= 0.3 is 0 Å². The van der Waals surface area contributed by atoms with E-state index < -0.39 is 11.9 Å². The molecule has 0 aliphatic heterocycles. The molecule has 0 aliphatic rings. The van der Waals surface area contributed by atoms with Crippen LogP contribution in [0.5, 0.6) is 0 Å². The number of aromatic nitrogens is 9. The van der Waals surface area contributed by atoms with Crippen LogP contribution in [0, 0.1) is 11.8 Å². The zero-order chi connectivity index (χ0) is 28.5. The first-order chi connectivity index (χ1) is 19.9. The first-order valence-electron chi connectivity index (χ1n) is 12.8. The highest BCUT2D eigenvalue weighted by molar-refractivity contribution is 6.04. The third-order valence-electron chi connectivity index (χ3n) is 6.59. The molecular weight excluding hydrogens is 522 g/mol. The molecule has 4 N–H and O–H groups in total. The van der Waals surface area contributed by atoms with Crippen molar-refractivity contribution in [3.05, 3.63) is 100 Å². The molecule has 0 bridgehead atoms. The molecular formula is C28H25N11O2. The Morgan fingerprint density at radius 3 is 2.88 bits per heavy atom. The van der Waals surface area contributed by atoms with Gasteiger partial charge in [-0.2, -0.15) is 5.10 Å². The van der Waals surface area contributed by atoms with Crippen LogP contribution >= 0.6 is 0 Å². The Morgan fingerprint density at radius 1 is 1.22 bits per heavy atom. The van der Waals surface area contributed by atoms with Gasteiger partial charge in [-0.05, 0) is 25.1 Å². The summed E-state index contributed by atoms with van der Waals surface area (Å²) >= 11 is 0. The minimum Gasteiger partial charge on any atom is -0.381 e. The standard InChI is InChI=1S/C28H25N11O2/c1-17(34-27(40)23-24(29)36-39-11-4-10-31-26(23)39)25-35-21-6-3-5-19(8-7-18-13-33-37(2)15-18)22(21)28(41)38(25)12-9-20-14-30-16-32-20/h3-6,10-11,13-17H,9,12H2,1-2H3,(H2,29,36)(H,30,32)(H,34,40)/t17-/m0/s1. The molecule has 41 heavy (non-hydrogen) atoms. The summed E-state index contributed by atoms with van der Waals surface area (Å²) in [5, 5.41) is 11.6.